The number of ketones is 1. The van der Waals surface area contributed by atoms with Gasteiger partial charge < -0.3 is 14.9 Å². The number of ether oxygens (including phenoxy) is 1. The molecule has 0 saturated carbocycles. The van der Waals surface area contributed by atoms with Crippen molar-refractivity contribution in [3.05, 3.63) is 12.2 Å². The Labute approximate surface area is 57.7 Å². The molecule has 4 heteroatoms. The molecule has 0 bridgehead atoms. The van der Waals surface area contributed by atoms with E-state index in [1.807, 2.05) is 0 Å². The van der Waals surface area contributed by atoms with Crippen molar-refractivity contribution in [2.45, 2.75) is 12.4 Å². The number of carbonyl (C=O) groups excluding carboxylic acids is 1. The number of aliphatic hydroxyl groups excluding tert-OH is 2. The summed E-state index contributed by atoms with van der Waals surface area (Å²) in [7, 11) is 0. The van der Waals surface area contributed by atoms with Crippen LogP contribution in [-0.4, -0.2) is 35.0 Å². The van der Waals surface area contributed by atoms with Crippen LogP contribution in [0.25, 0.3) is 0 Å². The van der Waals surface area contributed by atoms with Gasteiger partial charge in [-0.3, -0.25) is 4.79 Å². The first-order valence-electron chi connectivity index (χ1n) is 2.90. The predicted octanol–water partition coefficient (Wildman–Crippen LogP) is -1.18. The van der Waals surface area contributed by atoms with Crippen molar-refractivity contribution in [3.63, 3.8) is 0 Å². The number of rotatable bonds is 1. The molecule has 0 radical (unpaired) electrons. The second-order valence-electron chi connectivity index (χ2n) is 1.96. The average molecular weight is 144 g/mol. The molecular weight excluding hydrogens is 136 g/mol. The van der Waals surface area contributed by atoms with E-state index in [2.05, 4.69) is 4.74 Å². The third-order valence-corrected chi connectivity index (χ3v) is 1.21. The van der Waals surface area contributed by atoms with Crippen LogP contribution in [0.3, 0.4) is 0 Å². The molecule has 4 nitrogen and oxygen atoms in total. The SMILES string of the molecule is O=C1C=C[C@@H](O)O[C@@H]1CO. The fraction of sp³-hybridized carbons (Fsp3) is 0.500. The van der Waals surface area contributed by atoms with E-state index >= 15 is 0 Å². The maximum atomic E-state index is 10.7. The molecule has 2 atom stereocenters. The summed E-state index contributed by atoms with van der Waals surface area (Å²) in [5.74, 6) is -0.312. The van der Waals surface area contributed by atoms with Crippen LogP contribution < -0.4 is 0 Å². The van der Waals surface area contributed by atoms with Crippen molar-refractivity contribution in [1.82, 2.24) is 0 Å². The van der Waals surface area contributed by atoms with Gasteiger partial charge in [0, 0.05) is 0 Å². The third-order valence-electron chi connectivity index (χ3n) is 1.21. The Balaban J connectivity index is 2.62. The minimum absolute atomic E-state index is 0.312. The fourth-order valence-corrected chi connectivity index (χ4v) is 0.698. The summed E-state index contributed by atoms with van der Waals surface area (Å²) >= 11 is 0. The molecule has 0 saturated heterocycles. The van der Waals surface area contributed by atoms with Crippen LogP contribution in [0.15, 0.2) is 12.2 Å². The normalized spacial score (nSPS) is 32.8. The Morgan fingerprint density at radius 2 is 2.40 bits per heavy atom. The van der Waals surface area contributed by atoms with Crippen molar-refractivity contribution < 1.29 is 19.7 Å². The van der Waals surface area contributed by atoms with E-state index in [0.29, 0.717) is 0 Å². The van der Waals surface area contributed by atoms with Crippen LogP contribution in [-0.2, 0) is 9.53 Å². The second-order valence-corrected chi connectivity index (χ2v) is 1.96. The van der Waals surface area contributed by atoms with E-state index in [4.69, 9.17) is 10.2 Å². The molecule has 0 unspecified atom stereocenters. The molecule has 0 amide bonds. The lowest BCUT2D eigenvalue weighted by atomic mass is 10.2. The van der Waals surface area contributed by atoms with E-state index in [0.717, 1.165) is 0 Å². The summed E-state index contributed by atoms with van der Waals surface area (Å²) in [4.78, 5) is 10.7. The first kappa shape index (κ1) is 7.40. The quantitative estimate of drug-likeness (QED) is 0.486. The van der Waals surface area contributed by atoms with Crippen molar-refractivity contribution in [3.8, 4) is 0 Å². The molecule has 0 aromatic heterocycles. The van der Waals surface area contributed by atoms with Gasteiger partial charge in [0.15, 0.2) is 12.1 Å². The molecule has 0 fully saturated rings. The van der Waals surface area contributed by atoms with Crippen molar-refractivity contribution in [2.24, 2.45) is 0 Å². The number of hydrogen-bond donors (Lipinski definition) is 2. The van der Waals surface area contributed by atoms with E-state index in [-0.39, 0.29) is 12.4 Å². The number of aliphatic hydroxyl groups is 2. The molecule has 1 aliphatic heterocycles. The van der Waals surface area contributed by atoms with Crippen LogP contribution >= 0.6 is 0 Å². The van der Waals surface area contributed by atoms with Crippen LogP contribution in [0.1, 0.15) is 0 Å². The summed E-state index contributed by atoms with van der Waals surface area (Å²) in [5.41, 5.74) is 0. The summed E-state index contributed by atoms with van der Waals surface area (Å²) in [5, 5.41) is 17.2. The van der Waals surface area contributed by atoms with Gasteiger partial charge in [-0.05, 0) is 12.2 Å². The molecule has 1 heterocycles. The number of hydrogen-bond acceptors (Lipinski definition) is 4. The maximum absolute atomic E-state index is 10.7. The smallest absolute Gasteiger partial charge is 0.186 e. The minimum atomic E-state index is -1.06. The molecule has 2 N–H and O–H groups in total. The van der Waals surface area contributed by atoms with Gasteiger partial charge in [-0.15, -0.1) is 0 Å². The first-order valence-corrected chi connectivity index (χ1v) is 2.90. The van der Waals surface area contributed by atoms with Crippen molar-refractivity contribution in [2.75, 3.05) is 6.61 Å². The zero-order valence-electron chi connectivity index (χ0n) is 5.23. The summed E-state index contributed by atoms with van der Waals surface area (Å²) in [6, 6.07) is 0. The second kappa shape index (κ2) is 2.92. The van der Waals surface area contributed by atoms with Crippen LogP contribution in [0, 0.1) is 0 Å². The van der Waals surface area contributed by atoms with E-state index in [1.54, 1.807) is 0 Å². The van der Waals surface area contributed by atoms with E-state index < -0.39 is 12.4 Å². The van der Waals surface area contributed by atoms with Crippen molar-refractivity contribution in [1.29, 1.82) is 0 Å². The molecule has 1 rings (SSSR count). The first-order chi connectivity index (χ1) is 4.74. The highest BCUT2D eigenvalue weighted by molar-refractivity contribution is 5.94. The molecule has 0 aromatic rings. The Morgan fingerprint density at radius 1 is 1.70 bits per heavy atom. The van der Waals surface area contributed by atoms with Gasteiger partial charge in [-0.25, -0.2) is 0 Å². The molecule has 1 aliphatic rings. The Kier molecular flexibility index (Phi) is 2.16. The minimum Gasteiger partial charge on any atom is -0.393 e. The lowest BCUT2D eigenvalue weighted by Crippen LogP contribution is -2.34. The van der Waals surface area contributed by atoms with Gasteiger partial charge in [-0.2, -0.15) is 0 Å². The van der Waals surface area contributed by atoms with E-state index in [1.165, 1.54) is 12.2 Å². The van der Waals surface area contributed by atoms with E-state index in [9.17, 15) is 4.79 Å². The molecule has 10 heavy (non-hydrogen) atoms. The zero-order chi connectivity index (χ0) is 7.56. The highest BCUT2D eigenvalue weighted by Gasteiger charge is 2.22. The van der Waals surface area contributed by atoms with Gasteiger partial charge >= 0.3 is 0 Å². The Morgan fingerprint density at radius 3 is 2.90 bits per heavy atom. The van der Waals surface area contributed by atoms with Gasteiger partial charge in [0.2, 0.25) is 0 Å². The largest absolute Gasteiger partial charge is 0.393 e. The topological polar surface area (TPSA) is 66.8 Å². The zero-order valence-corrected chi connectivity index (χ0v) is 5.23. The van der Waals surface area contributed by atoms with Crippen LogP contribution in [0.4, 0.5) is 0 Å². The lowest BCUT2D eigenvalue weighted by molar-refractivity contribution is -0.153. The highest BCUT2D eigenvalue weighted by Crippen LogP contribution is 2.05. The molecular formula is C6H8O4. The monoisotopic (exact) mass is 144 g/mol. The molecule has 56 valence electrons. The Bertz CT molecular complexity index is 163. The standard InChI is InChI=1S/C6H8O4/c7-3-5-4(8)1-2-6(9)10-5/h1-2,5-7,9H,3H2/t5-,6+/m1/s1. The summed E-state index contributed by atoms with van der Waals surface area (Å²) in [6.45, 7) is -0.389. The predicted molar refractivity (Wildman–Crippen MR) is 32.1 cm³/mol. The van der Waals surface area contributed by atoms with Crippen molar-refractivity contribution >= 4 is 5.78 Å². The lowest BCUT2D eigenvalue weighted by Gasteiger charge is -2.18. The van der Waals surface area contributed by atoms with Gasteiger partial charge in [0.25, 0.3) is 0 Å². The molecule has 0 spiro atoms. The summed E-state index contributed by atoms with van der Waals surface area (Å²) in [6.07, 6.45) is 0.485. The molecule has 0 aromatic carbocycles. The molecule has 0 aliphatic carbocycles. The maximum Gasteiger partial charge on any atom is 0.186 e. The van der Waals surface area contributed by atoms with Crippen LogP contribution in [0.5, 0.6) is 0 Å². The highest BCUT2D eigenvalue weighted by atomic mass is 16.6. The van der Waals surface area contributed by atoms with Gasteiger partial charge in [0.1, 0.15) is 6.10 Å². The number of carbonyl (C=O) groups is 1. The summed E-state index contributed by atoms with van der Waals surface area (Å²) < 4.78 is 4.62. The van der Waals surface area contributed by atoms with Gasteiger partial charge in [0.05, 0.1) is 6.61 Å². The van der Waals surface area contributed by atoms with Gasteiger partial charge in [-0.1, -0.05) is 0 Å². The average Bonchev–Trinajstić information content (AvgIpc) is 1.94. The Hall–Kier alpha value is -0.710. The third kappa shape index (κ3) is 1.41. The van der Waals surface area contributed by atoms with Crippen LogP contribution in [0.2, 0.25) is 0 Å². The fourth-order valence-electron chi connectivity index (χ4n) is 0.698.